The summed E-state index contributed by atoms with van der Waals surface area (Å²) in [5.74, 6) is -0.824. The molecule has 2 aromatic rings. The molecule has 0 amide bonds. The molecule has 20 heavy (non-hydrogen) atoms. The number of fused-ring (bicyclic) bond motifs is 1. The van der Waals surface area contributed by atoms with Gasteiger partial charge in [-0.1, -0.05) is 18.2 Å². The summed E-state index contributed by atoms with van der Waals surface area (Å²) in [7, 11) is -3.96. The van der Waals surface area contributed by atoms with Gasteiger partial charge < -0.3 is 0 Å². The Bertz CT molecular complexity index is 746. The molecule has 0 saturated carbocycles. The van der Waals surface area contributed by atoms with Gasteiger partial charge in [-0.15, -0.1) is 0 Å². The van der Waals surface area contributed by atoms with Crippen LogP contribution in [-0.4, -0.2) is 19.9 Å². The van der Waals surface area contributed by atoms with Crippen LogP contribution < -0.4 is 4.31 Å². The highest BCUT2D eigenvalue weighted by Gasteiger charge is 2.31. The van der Waals surface area contributed by atoms with Crippen LogP contribution in [0.15, 0.2) is 47.6 Å². The molecule has 0 N–H and O–H groups in total. The van der Waals surface area contributed by atoms with Crippen LogP contribution in [0.25, 0.3) is 0 Å². The van der Waals surface area contributed by atoms with E-state index < -0.39 is 20.9 Å². The van der Waals surface area contributed by atoms with Crippen molar-refractivity contribution < 1.29 is 12.8 Å². The second-order valence-electron chi connectivity index (χ2n) is 4.60. The zero-order valence-electron chi connectivity index (χ0n) is 10.7. The Morgan fingerprint density at radius 3 is 2.75 bits per heavy atom. The minimum Gasteiger partial charge on any atom is -0.265 e. The Hall–Kier alpha value is -1.95. The third kappa shape index (κ3) is 2.06. The van der Waals surface area contributed by atoms with Gasteiger partial charge in [0, 0.05) is 12.7 Å². The summed E-state index contributed by atoms with van der Waals surface area (Å²) >= 11 is 0. The number of aromatic nitrogens is 1. The van der Waals surface area contributed by atoms with Crippen molar-refractivity contribution in [2.24, 2.45) is 0 Å². The number of anilines is 1. The topological polar surface area (TPSA) is 50.3 Å². The largest absolute Gasteiger partial charge is 0.284 e. The number of hydrogen-bond donors (Lipinski definition) is 0. The van der Waals surface area contributed by atoms with E-state index in [4.69, 9.17) is 0 Å². The number of rotatable bonds is 2. The molecule has 6 heteroatoms. The van der Waals surface area contributed by atoms with Gasteiger partial charge in [0.2, 0.25) is 5.03 Å². The molecule has 1 aliphatic rings. The van der Waals surface area contributed by atoms with E-state index in [0.29, 0.717) is 18.7 Å². The Labute approximate surface area is 116 Å². The van der Waals surface area contributed by atoms with Crippen LogP contribution in [0.5, 0.6) is 0 Å². The van der Waals surface area contributed by atoms with Crippen LogP contribution in [0.2, 0.25) is 0 Å². The van der Waals surface area contributed by atoms with Gasteiger partial charge in [-0.3, -0.25) is 4.31 Å². The molecule has 0 atom stereocenters. The predicted octanol–water partition coefficient (Wildman–Crippen LogP) is 2.36. The molecule has 0 bridgehead atoms. The number of para-hydroxylation sites is 1. The minimum absolute atomic E-state index is 0.343. The highest BCUT2D eigenvalue weighted by atomic mass is 32.2. The first kappa shape index (κ1) is 13.1. The molecule has 1 aromatic carbocycles. The lowest BCUT2D eigenvalue weighted by Crippen LogP contribution is -2.36. The Morgan fingerprint density at radius 2 is 1.95 bits per heavy atom. The summed E-state index contributed by atoms with van der Waals surface area (Å²) < 4.78 is 40.2. The van der Waals surface area contributed by atoms with Crippen LogP contribution in [0.1, 0.15) is 12.0 Å². The smallest absolute Gasteiger partial charge is 0.265 e. The van der Waals surface area contributed by atoms with Gasteiger partial charge in [-0.2, -0.15) is 8.42 Å². The van der Waals surface area contributed by atoms with Crippen molar-refractivity contribution >= 4 is 15.7 Å². The number of aryl methyl sites for hydroxylation is 1. The fourth-order valence-electron chi connectivity index (χ4n) is 2.41. The van der Waals surface area contributed by atoms with Crippen molar-refractivity contribution in [3.8, 4) is 0 Å². The molecule has 0 unspecified atom stereocenters. The van der Waals surface area contributed by atoms with E-state index in [2.05, 4.69) is 4.98 Å². The van der Waals surface area contributed by atoms with Crippen molar-refractivity contribution in [1.82, 2.24) is 4.98 Å². The number of halogens is 1. The Kier molecular flexibility index (Phi) is 3.17. The summed E-state index contributed by atoms with van der Waals surface area (Å²) in [4.78, 5) is 3.69. The van der Waals surface area contributed by atoms with Gasteiger partial charge in [-0.05, 0) is 36.6 Å². The zero-order chi connectivity index (χ0) is 14.2. The van der Waals surface area contributed by atoms with E-state index in [0.717, 1.165) is 18.1 Å². The Morgan fingerprint density at radius 1 is 1.15 bits per heavy atom. The molecule has 0 radical (unpaired) electrons. The summed E-state index contributed by atoms with van der Waals surface area (Å²) in [5.41, 5.74) is 1.57. The van der Waals surface area contributed by atoms with E-state index in [1.54, 1.807) is 12.1 Å². The second kappa shape index (κ2) is 4.86. The third-order valence-corrected chi connectivity index (χ3v) is 5.08. The van der Waals surface area contributed by atoms with E-state index in [-0.39, 0.29) is 0 Å². The average molecular weight is 292 g/mol. The van der Waals surface area contributed by atoms with Crippen LogP contribution in [0.4, 0.5) is 10.1 Å². The maximum atomic E-state index is 13.7. The molecule has 0 fully saturated rings. The van der Waals surface area contributed by atoms with Crippen LogP contribution >= 0.6 is 0 Å². The molecule has 0 spiro atoms. The molecule has 1 aliphatic heterocycles. The quantitative estimate of drug-likeness (QED) is 0.854. The molecule has 0 aliphatic carbocycles. The monoisotopic (exact) mass is 292 g/mol. The highest BCUT2D eigenvalue weighted by molar-refractivity contribution is 7.92. The van der Waals surface area contributed by atoms with E-state index in [1.165, 1.54) is 16.6 Å². The molecular formula is C14H13FN2O2S. The lowest BCUT2D eigenvalue weighted by atomic mass is 10.0. The van der Waals surface area contributed by atoms with Gasteiger partial charge in [-0.25, -0.2) is 9.37 Å². The van der Waals surface area contributed by atoms with Gasteiger partial charge >= 0.3 is 0 Å². The highest BCUT2D eigenvalue weighted by Crippen LogP contribution is 2.31. The maximum absolute atomic E-state index is 13.7. The lowest BCUT2D eigenvalue weighted by Gasteiger charge is -2.30. The van der Waals surface area contributed by atoms with Crippen LogP contribution in [-0.2, 0) is 16.4 Å². The predicted molar refractivity (Wildman–Crippen MR) is 73.5 cm³/mol. The first-order chi connectivity index (χ1) is 9.60. The van der Waals surface area contributed by atoms with Crippen molar-refractivity contribution in [2.45, 2.75) is 17.9 Å². The number of sulfonamides is 1. The molecular weight excluding hydrogens is 279 g/mol. The van der Waals surface area contributed by atoms with E-state index in [9.17, 15) is 12.8 Å². The fourth-order valence-corrected chi connectivity index (χ4v) is 3.94. The Balaban J connectivity index is 2.13. The summed E-state index contributed by atoms with van der Waals surface area (Å²) in [6.45, 7) is 0.343. The molecule has 3 rings (SSSR count). The first-order valence-corrected chi connectivity index (χ1v) is 7.76. The minimum atomic E-state index is -3.96. The maximum Gasteiger partial charge on any atom is 0.284 e. The number of hydrogen-bond acceptors (Lipinski definition) is 3. The van der Waals surface area contributed by atoms with Crippen LogP contribution in [0.3, 0.4) is 0 Å². The third-order valence-electron chi connectivity index (χ3n) is 3.33. The van der Waals surface area contributed by atoms with E-state index in [1.807, 2.05) is 12.1 Å². The molecule has 1 aromatic heterocycles. The SMILES string of the molecule is O=S(=O)(c1ncccc1F)N1CCCc2ccccc21. The van der Waals surface area contributed by atoms with Crippen LogP contribution in [0, 0.1) is 5.82 Å². The summed E-state index contributed by atoms with van der Waals surface area (Å²) in [6.07, 6.45) is 2.82. The number of nitrogens with zero attached hydrogens (tertiary/aromatic N) is 2. The molecule has 2 heterocycles. The first-order valence-electron chi connectivity index (χ1n) is 6.32. The number of pyridine rings is 1. The van der Waals surface area contributed by atoms with Crippen molar-refractivity contribution in [1.29, 1.82) is 0 Å². The van der Waals surface area contributed by atoms with Gasteiger partial charge in [0.15, 0.2) is 5.82 Å². The lowest BCUT2D eigenvalue weighted by molar-refractivity contribution is 0.548. The van der Waals surface area contributed by atoms with Crippen molar-refractivity contribution in [3.63, 3.8) is 0 Å². The van der Waals surface area contributed by atoms with Gasteiger partial charge in [0.1, 0.15) is 0 Å². The normalized spacial score (nSPS) is 14.9. The molecule has 4 nitrogen and oxygen atoms in total. The summed E-state index contributed by atoms with van der Waals surface area (Å²) in [6, 6.07) is 9.77. The fraction of sp³-hybridized carbons (Fsp3) is 0.214. The zero-order valence-corrected chi connectivity index (χ0v) is 11.5. The van der Waals surface area contributed by atoms with Crippen molar-refractivity contribution in [3.05, 3.63) is 54.0 Å². The average Bonchev–Trinajstić information content (AvgIpc) is 2.47. The standard InChI is InChI=1S/C14H13FN2O2S/c15-12-7-3-9-16-14(12)20(18,19)17-10-4-6-11-5-1-2-8-13(11)17/h1-3,5,7-9H,4,6,10H2. The second-order valence-corrected chi connectivity index (χ2v) is 6.38. The van der Waals surface area contributed by atoms with Gasteiger partial charge in [0.25, 0.3) is 10.0 Å². The number of benzene rings is 1. The van der Waals surface area contributed by atoms with Crippen molar-refractivity contribution in [2.75, 3.05) is 10.8 Å². The van der Waals surface area contributed by atoms with Gasteiger partial charge in [0.05, 0.1) is 5.69 Å². The van der Waals surface area contributed by atoms with E-state index >= 15 is 0 Å². The molecule has 0 saturated heterocycles. The summed E-state index contributed by atoms with van der Waals surface area (Å²) in [5, 5.41) is -0.517. The molecule has 104 valence electrons.